The molecule has 2 unspecified atom stereocenters. The Labute approximate surface area is 83.2 Å². The molecule has 0 aromatic heterocycles. The molecular formula is C10H15NO3. The maximum Gasteiger partial charge on any atom is 0.153 e. The highest BCUT2D eigenvalue weighted by Gasteiger charge is 2.41. The van der Waals surface area contributed by atoms with Gasteiger partial charge in [0.05, 0.1) is 18.8 Å². The van der Waals surface area contributed by atoms with Crippen molar-refractivity contribution in [3.8, 4) is 6.07 Å². The van der Waals surface area contributed by atoms with E-state index in [-0.39, 0.29) is 12.2 Å². The molecule has 78 valence electrons. The third-order valence-corrected chi connectivity index (χ3v) is 2.80. The fourth-order valence-corrected chi connectivity index (χ4v) is 1.94. The maximum absolute atomic E-state index is 11.6. The molecule has 4 nitrogen and oxygen atoms in total. The van der Waals surface area contributed by atoms with Gasteiger partial charge in [0.2, 0.25) is 0 Å². The van der Waals surface area contributed by atoms with Crippen LogP contribution >= 0.6 is 0 Å². The van der Waals surface area contributed by atoms with Gasteiger partial charge < -0.3 is 10.2 Å². The van der Waals surface area contributed by atoms with Crippen molar-refractivity contribution in [2.45, 2.75) is 38.2 Å². The molecule has 2 N–H and O–H groups in total. The van der Waals surface area contributed by atoms with E-state index in [1.807, 2.05) is 6.07 Å². The van der Waals surface area contributed by atoms with Crippen LogP contribution in [0.5, 0.6) is 0 Å². The predicted molar refractivity (Wildman–Crippen MR) is 49.2 cm³/mol. The Morgan fingerprint density at radius 1 is 1.57 bits per heavy atom. The van der Waals surface area contributed by atoms with E-state index in [9.17, 15) is 9.90 Å². The van der Waals surface area contributed by atoms with Crippen molar-refractivity contribution in [2.24, 2.45) is 5.41 Å². The van der Waals surface area contributed by atoms with E-state index in [2.05, 4.69) is 0 Å². The van der Waals surface area contributed by atoms with Crippen LogP contribution in [-0.4, -0.2) is 28.7 Å². The van der Waals surface area contributed by atoms with Crippen molar-refractivity contribution < 1.29 is 15.0 Å². The molecule has 0 amide bonds. The minimum absolute atomic E-state index is 0.0683. The van der Waals surface area contributed by atoms with E-state index in [1.54, 1.807) is 0 Å². The van der Waals surface area contributed by atoms with Gasteiger partial charge in [0.25, 0.3) is 0 Å². The third kappa shape index (κ3) is 2.11. The van der Waals surface area contributed by atoms with Gasteiger partial charge in [-0.3, -0.25) is 4.79 Å². The predicted octanol–water partition coefficient (Wildman–Crippen LogP) is 0.383. The minimum Gasteiger partial charge on any atom is -0.394 e. The van der Waals surface area contributed by atoms with Gasteiger partial charge in [0.15, 0.2) is 5.78 Å². The van der Waals surface area contributed by atoms with Gasteiger partial charge in [-0.1, -0.05) is 6.42 Å². The summed E-state index contributed by atoms with van der Waals surface area (Å²) in [7, 11) is 0. The zero-order valence-corrected chi connectivity index (χ0v) is 8.07. The Balaban J connectivity index is 2.74. The first kappa shape index (κ1) is 11.2. The number of Topliss-reactive ketones (excluding diaryl/α,β-unsaturated/α-hetero) is 1. The number of hydrogen-bond acceptors (Lipinski definition) is 4. The first-order valence-electron chi connectivity index (χ1n) is 4.88. The number of carbonyl (C=O) groups excluding carboxylic acids is 1. The average molecular weight is 197 g/mol. The van der Waals surface area contributed by atoms with Gasteiger partial charge >= 0.3 is 0 Å². The molecule has 1 fully saturated rings. The molecule has 0 bridgehead atoms. The number of hydrogen-bond donors (Lipinski definition) is 2. The quantitative estimate of drug-likeness (QED) is 0.685. The molecule has 0 aromatic rings. The summed E-state index contributed by atoms with van der Waals surface area (Å²) in [5.41, 5.74) is -1.04. The molecule has 0 saturated heterocycles. The summed E-state index contributed by atoms with van der Waals surface area (Å²) < 4.78 is 0. The molecule has 14 heavy (non-hydrogen) atoms. The largest absolute Gasteiger partial charge is 0.394 e. The van der Waals surface area contributed by atoms with Crippen LogP contribution in [0.1, 0.15) is 32.1 Å². The topological polar surface area (TPSA) is 81.3 Å². The van der Waals surface area contributed by atoms with E-state index in [4.69, 9.17) is 10.4 Å². The van der Waals surface area contributed by atoms with Crippen molar-refractivity contribution in [1.29, 1.82) is 5.26 Å². The third-order valence-electron chi connectivity index (χ3n) is 2.80. The summed E-state index contributed by atoms with van der Waals surface area (Å²) in [6.45, 7) is -0.392. The second-order valence-electron chi connectivity index (χ2n) is 3.86. The van der Waals surface area contributed by atoms with Crippen LogP contribution in [0.25, 0.3) is 0 Å². The van der Waals surface area contributed by atoms with E-state index in [0.29, 0.717) is 12.8 Å². The van der Waals surface area contributed by atoms with E-state index in [1.165, 1.54) is 0 Å². The van der Waals surface area contributed by atoms with Gasteiger partial charge in [-0.15, -0.1) is 0 Å². The lowest BCUT2D eigenvalue weighted by molar-refractivity contribution is -0.130. The van der Waals surface area contributed by atoms with Crippen LogP contribution in [0.4, 0.5) is 0 Å². The Hall–Kier alpha value is -0.920. The monoisotopic (exact) mass is 197 g/mol. The summed E-state index contributed by atoms with van der Waals surface area (Å²) in [4.78, 5) is 11.6. The van der Waals surface area contributed by atoms with Crippen LogP contribution in [-0.2, 0) is 4.79 Å². The molecule has 0 heterocycles. The van der Waals surface area contributed by atoms with Gasteiger partial charge in [-0.05, 0) is 12.8 Å². The maximum atomic E-state index is 11.6. The minimum atomic E-state index is -1.04. The number of carbonyl (C=O) groups is 1. The molecular weight excluding hydrogens is 182 g/mol. The van der Waals surface area contributed by atoms with Crippen LogP contribution in [0.15, 0.2) is 0 Å². The van der Waals surface area contributed by atoms with Crippen LogP contribution in [0.3, 0.4) is 0 Å². The molecule has 1 saturated carbocycles. The van der Waals surface area contributed by atoms with Crippen LogP contribution in [0.2, 0.25) is 0 Å². The van der Waals surface area contributed by atoms with Gasteiger partial charge in [-0.2, -0.15) is 5.26 Å². The summed E-state index contributed by atoms with van der Waals surface area (Å²) in [5, 5.41) is 27.0. The molecule has 1 aliphatic rings. The zero-order valence-electron chi connectivity index (χ0n) is 8.07. The fraction of sp³-hybridized carbons (Fsp3) is 0.800. The Kier molecular flexibility index (Phi) is 3.62. The average Bonchev–Trinajstić information content (AvgIpc) is 2.21. The van der Waals surface area contributed by atoms with Crippen LogP contribution in [0, 0.1) is 16.7 Å². The number of nitrogens with zero attached hydrogens (tertiary/aromatic N) is 1. The summed E-state index contributed by atoms with van der Waals surface area (Å²) in [6, 6.07) is 2.01. The number of nitriles is 1. The van der Waals surface area contributed by atoms with Crippen molar-refractivity contribution in [2.75, 3.05) is 6.61 Å². The number of aliphatic hydroxyl groups is 2. The van der Waals surface area contributed by atoms with Gasteiger partial charge in [0, 0.05) is 12.8 Å². The lowest BCUT2D eigenvalue weighted by Crippen LogP contribution is -2.37. The summed E-state index contributed by atoms with van der Waals surface area (Å²) in [5.74, 6) is -0.0845. The first-order valence-corrected chi connectivity index (χ1v) is 4.88. The number of ketones is 1. The molecule has 0 radical (unpaired) electrons. The van der Waals surface area contributed by atoms with E-state index >= 15 is 0 Å². The highest BCUT2D eigenvalue weighted by atomic mass is 16.3. The lowest BCUT2D eigenvalue weighted by Gasteiger charge is -2.30. The lowest BCUT2D eigenvalue weighted by atomic mass is 9.71. The molecule has 0 aliphatic heterocycles. The van der Waals surface area contributed by atoms with Crippen molar-refractivity contribution in [3.05, 3.63) is 0 Å². The smallest absolute Gasteiger partial charge is 0.153 e. The summed E-state index contributed by atoms with van der Waals surface area (Å²) in [6.07, 6.45) is 1.72. The normalized spacial score (nSPS) is 29.6. The van der Waals surface area contributed by atoms with Gasteiger partial charge in [0.1, 0.15) is 5.41 Å². The van der Waals surface area contributed by atoms with E-state index < -0.39 is 18.1 Å². The Morgan fingerprint density at radius 3 is 2.79 bits per heavy atom. The number of rotatable bonds is 3. The van der Waals surface area contributed by atoms with Crippen LogP contribution < -0.4 is 0 Å². The Bertz CT molecular complexity index is 259. The standard InChI is InChI=1S/C10H15NO3/c11-7-10(5-8(13)6-12)4-2-1-3-9(10)14/h8,12-13H,1-6H2. The molecule has 2 atom stereocenters. The molecule has 0 spiro atoms. The second kappa shape index (κ2) is 4.54. The highest BCUT2D eigenvalue weighted by Crippen LogP contribution is 2.36. The fourth-order valence-electron chi connectivity index (χ4n) is 1.94. The second-order valence-corrected chi connectivity index (χ2v) is 3.86. The number of aliphatic hydroxyl groups excluding tert-OH is 2. The molecule has 0 aromatic carbocycles. The molecule has 4 heteroatoms. The van der Waals surface area contributed by atoms with Crippen molar-refractivity contribution >= 4 is 5.78 Å². The van der Waals surface area contributed by atoms with Crippen molar-refractivity contribution in [1.82, 2.24) is 0 Å². The zero-order chi connectivity index (χ0) is 10.6. The Morgan fingerprint density at radius 2 is 2.29 bits per heavy atom. The molecule has 1 rings (SSSR count). The van der Waals surface area contributed by atoms with Crippen molar-refractivity contribution in [3.63, 3.8) is 0 Å². The van der Waals surface area contributed by atoms with E-state index in [0.717, 1.165) is 12.8 Å². The highest BCUT2D eigenvalue weighted by molar-refractivity contribution is 5.88. The summed E-state index contributed by atoms with van der Waals surface area (Å²) >= 11 is 0. The SMILES string of the molecule is N#CC1(CC(O)CO)CCCCC1=O. The molecule has 1 aliphatic carbocycles. The van der Waals surface area contributed by atoms with Gasteiger partial charge in [-0.25, -0.2) is 0 Å². The first-order chi connectivity index (χ1) is 6.64.